The molecule has 0 aromatic carbocycles. The maximum absolute atomic E-state index is 3.67. The Morgan fingerprint density at radius 2 is 1.94 bits per heavy atom. The number of nitrogens with zero attached hydrogens (tertiary/aromatic N) is 1. The molecule has 1 aliphatic rings. The maximum atomic E-state index is 3.67. The lowest BCUT2D eigenvalue weighted by atomic mass is 9.88. The molecule has 16 heavy (non-hydrogen) atoms. The fourth-order valence-electron chi connectivity index (χ4n) is 2.28. The van der Waals surface area contributed by atoms with E-state index in [1.165, 1.54) is 31.0 Å². The van der Waals surface area contributed by atoms with Gasteiger partial charge in [-0.15, -0.1) is 0 Å². The third-order valence-corrected chi connectivity index (χ3v) is 4.65. The van der Waals surface area contributed by atoms with Crippen LogP contribution in [0.4, 0.5) is 0 Å². The second kappa shape index (κ2) is 5.74. The molecule has 3 heteroatoms. The molecular weight excluding hydrogens is 216 g/mol. The fraction of sp³-hybridized carbons (Fsp3) is 1.00. The Balaban J connectivity index is 2.58. The summed E-state index contributed by atoms with van der Waals surface area (Å²) >= 11 is 2.05. The van der Waals surface area contributed by atoms with Gasteiger partial charge in [-0.2, -0.15) is 11.8 Å². The van der Waals surface area contributed by atoms with E-state index in [-0.39, 0.29) is 5.54 Å². The van der Waals surface area contributed by atoms with Gasteiger partial charge >= 0.3 is 0 Å². The molecule has 1 saturated heterocycles. The van der Waals surface area contributed by atoms with Crippen LogP contribution in [0.25, 0.3) is 0 Å². The molecular formula is C13H28N2S. The highest BCUT2D eigenvalue weighted by molar-refractivity contribution is 7.99. The van der Waals surface area contributed by atoms with E-state index in [0.29, 0.717) is 5.54 Å². The topological polar surface area (TPSA) is 15.3 Å². The molecule has 1 N–H and O–H groups in total. The average molecular weight is 244 g/mol. The van der Waals surface area contributed by atoms with E-state index >= 15 is 0 Å². The highest BCUT2D eigenvalue weighted by Gasteiger charge is 2.38. The average Bonchev–Trinajstić information content (AvgIpc) is 2.24. The van der Waals surface area contributed by atoms with Crippen molar-refractivity contribution in [1.29, 1.82) is 0 Å². The van der Waals surface area contributed by atoms with Crippen LogP contribution >= 0.6 is 11.8 Å². The molecule has 0 aliphatic carbocycles. The first-order valence-corrected chi connectivity index (χ1v) is 7.67. The smallest absolute Gasteiger partial charge is 0.0304 e. The molecule has 0 aromatic rings. The van der Waals surface area contributed by atoms with Crippen molar-refractivity contribution in [2.75, 3.05) is 31.1 Å². The minimum Gasteiger partial charge on any atom is -0.309 e. The van der Waals surface area contributed by atoms with E-state index in [1.807, 2.05) is 0 Å². The Labute approximate surface area is 106 Å². The van der Waals surface area contributed by atoms with Crippen LogP contribution in [0.15, 0.2) is 0 Å². The maximum Gasteiger partial charge on any atom is 0.0304 e. The number of nitrogens with one attached hydrogen (secondary N) is 1. The SMILES string of the molecule is CCSCCN1CC(C)(C)NCC1(C)CC. The summed E-state index contributed by atoms with van der Waals surface area (Å²) in [7, 11) is 0. The molecule has 0 radical (unpaired) electrons. The van der Waals surface area contributed by atoms with Gasteiger partial charge in [0.25, 0.3) is 0 Å². The molecule has 96 valence electrons. The minimum atomic E-state index is 0.269. The normalized spacial score (nSPS) is 30.6. The largest absolute Gasteiger partial charge is 0.309 e. The van der Waals surface area contributed by atoms with Crippen molar-refractivity contribution in [2.45, 2.75) is 52.1 Å². The van der Waals surface area contributed by atoms with Crippen molar-refractivity contribution in [1.82, 2.24) is 10.2 Å². The van der Waals surface area contributed by atoms with Gasteiger partial charge in [-0.1, -0.05) is 13.8 Å². The number of hydrogen-bond donors (Lipinski definition) is 1. The number of rotatable bonds is 5. The molecule has 0 amide bonds. The van der Waals surface area contributed by atoms with E-state index in [1.54, 1.807) is 0 Å². The summed E-state index contributed by atoms with van der Waals surface area (Å²) in [5.41, 5.74) is 0.620. The highest BCUT2D eigenvalue weighted by atomic mass is 32.2. The fourth-order valence-corrected chi connectivity index (χ4v) is 2.92. The molecule has 0 saturated carbocycles. The van der Waals surface area contributed by atoms with Crippen molar-refractivity contribution >= 4 is 11.8 Å². The van der Waals surface area contributed by atoms with Crippen LogP contribution in [0.1, 0.15) is 41.0 Å². The molecule has 1 atom stereocenters. The highest BCUT2D eigenvalue weighted by Crippen LogP contribution is 2.26. The van der Waals surface area contributed by atoms with Crippen LogP contribution in [0.5, 0.6) is 0 Å². The lowest BCUT2D eigenvalue weighted by Crippen LogP contribution is -2.67. The van der Waals surface area contributed by atoms with Gasteiger partial charge in [0.1, 0.15) is 0 Å². The Hall–Kier alpha value is 0.270. The Kier molecular flexibility index (Phi) is 5.14. The summed E-state index contributed by atoms with van der Waals surface area (Å²) in [5, 5.41) is 3.67. The van der Waals surface area contributed by atoms with Crippen molar-refractivity contribution in [3.63, 3.8) is 0 Å². The molecule has 0 aromatic heterocycles. The van der Waals surface area contributed by atoms with Crippen LogP contribution < -0.4 is 5.32 Å². The zero-order chi connectivity index (χ0) is 12.2. The van der Waals surface area contributed by atoms with Gasteiger partial charge < -0.3 is 5.32 Å². The quantitative estimate of drug-likeness (QED) is 0.748. The summed E-state index contributed by atoms with van der Waals surface area (Å²) in [6.07, 6.45) is 1.23. The number of hydrogen-bond acceptors (Lipinski definition) is 3. The Bertz CT molecular complexity index is 218. The van der Waals surface area contributed by atoms with E-state index in [4.69, 9.17) is 0 Å². The molecule has 2 nitrogen and oxygen atoms in total. The second-order valence-corrected chi connectivity index (χ2v) is 7.10. The van der Waals surface area contributed by atoms with Crippen molar-refractivity contribution in [2.24, 2.45) is 0 Å². The standard InChI is InChI=1S/C13H28N2S/c1-6-13(5)10-14-12(3,4)11-15(13)8-9-16-7-2/h14H,6-11H2,1-5H3. The summed E-state index contributed by atoms with van der Waals surface area (Å²) in [6.45, 7) is 15.1. The van der Waals surface area contributed by atoms with E-state index in [9.17, 15) is 0 Å². The zero-order valence-corrected chi connectivity index (χ0v) is 12.4. The Morgan fingerprint density at radius 1 is 1.25 bits per heavy atom. The van der Waals surface area contributed by atoms with Crippen LogP contribution in [0.2, 0.25) is 0 Å². The second-order valence-electron chi connectivity index (χ2n) is 5.71. The summed E-state index contributed by atoms with van der Waals surface area (Å²) in [4.78, 5) is 2.69. The van der Waals surface area contributed by atoms with Crippen molar-refractivity contribution in [3.8, 4) is 0 Å². The number of piperazine rings is 1. The van der Waals surface area contributed by atoms with E-state index < -0.39 is 0 Å². The molecule has 1 fully saturated rings. The molecule has 0 bridgehead atoms. The lowest BCUT2D eigenvalue weighted by Gasteiger charge is -2.51. The molecule has 1 unspecified atom stereocenters. The third kappa shape index (κ3) is 3.64. The van der Waals surface area contributed by atoms with Crippen LogP contribution in [0.3, 0.4) is 0 Å². The van der Waals surface area contributed by atoms with Gasteiger partial charge in [0.2, 0.25) is 0 Å². The monoisotopic (exact) mass is 244 g/mol. The van der Waals surface area contributed by atoms with Gasteiger partial charge in [-0.05, 0) is 32.9 Å². The van der Waals surface area contributed by atoms with Crippen LogP contribution in [-0.2, 0) is 0 Å². The predicted octanol–water partition coefficient (Wildman–Crippen LogP) is 2.59. The lowest BCUT2D eigenvalue weighted by molar-refractivity contribution is 0.0299. The van der Waals surface area contributed by atoms with Crippen molar-refractivity contribution in [3.05, 3.63) is 0 Å². The van der Waals surface area contributed by atoms with Gasteiger partial charge in [0.15, 0.2) is 0 Å². The first-order chi connectivity index (χ1) is 7.43. The molecule has 1 rings (SSSR count). The summed E-state index contributed by atoms with van der Waals surface area (Å²) < 4.78 is 0. The molecule has 0 spiro atoms. The van der Waals surface area contributed by atoms with Gasteiger partial charge in [-0.25, -0.2) is 0 Å². The first-order valence-electron chi connectivity index (χ1n) is 6.51. The third-order valence-electron chi connectivity index (χ3n) is 3.77. The summed E-state index contributed by atoms with van der Waals surface area (Å²) in [5.74, 6) is 2.50. The Morgan fingerprint density at radius 3 is 2.50 bits per heavy atom. The predicted molar refractivity (Wildman–Crippen MR) is 75.3 cm³/mol. The summed E-state index contributed by atoms with van der Waals surface area (Å²) in [6, 6.07) is 0. The van der Waals surface area contributed by atoms with Crippen LogP contribution in [-0.4, -0.2) is 47.1 Å². The van der Waals surface area contributed by atoms with E-state index in [2.05, 4.69) is 56.6 Å². The number of thioether (sulfide) groups is 1. The van der Waals surface area contributed by atoms with Gasteiger partial charge in [0, 0.05) is 36.5 Å². The molecule has 1 heterocycles. The van der Waals surface area contributed by atoms with Crippen LogP contribution in [0, 0.1) is 0 Å². The van der Waals surface area contributed by atoms with Gasteiger partial charge in [-0.3, -0.25) is 4.90 Å². The van der Waals surface area contributed by atoms with Crippen molar-refractivity contribution < 1.29 is 0 Å². The first kappa shape index (κ1) is 14.3. The molecule has 1 aliphatic heterocycles. The zero-order valence-electron chi connectivity index (χ0n) is 11.6. The van der Waals surface area contributed by atoms with E-state index in [0.717, 1.165) is 6.54 Å². The van der Waals surface area contributed by atoms with Gasteiger partial charge in [0.05, 0.1) is 0 Å². The minimum absolute atomic E-state index is 0.269.